The average Bonchev–Trinajstić information content (AvgIpc) is 2.63. The van der Waals surface area contributed by atoms with Gasteiger partial charge in [-0.25, -0.2) is 0 Å². The molecule has 0 radical (unpaired) electrons. The smallest absolute Gasteiger partial charge is 0.255 e. The first kappa shape index (κ1) is 18.3. The van der Waals surface area contributed by atoms with Gasteiger partial charge in [-0.2, -0.15) is 0 Å². The lowest BCUT2D eigenvalue weighted by molar-refractivity contribution is -0.880. The maximum Gasteiger partial charge on any atom is 0.255 e. The Hall–Kier alpha value is -2.53. The molecule has 3 rings (SSSR count). The molecule has 1 heterocycles. The highest BCUT2D eigenvalue weighted by molar-refractivity contribution is 6.04. The Morgan fingerprint density at radius 2 is 1.81 bits per heavy atom. The molecule has 1 fully saturated rings. The van der Waals surface area contributed by atoms with E-state index in [0.29, 0.717) is 11.3 Å². The third-order valence-electron chi connectivity index (χ3n) is 4.58. The first-order valence-corrected chi connectivity index (χ1v) is 9.25. The molecule has 0 unspecified atom stereocenters. The van der Waals surface area contributed by atoms with Gasteiger partial charge in [0.1, 0.15) is 5.75 Å². The zero-order chi connectivity index (χ0) is 18.5. The molecule has 1 amide bonds. The van der Waals surface area contributed by atoms with E-state index in [-0.39, 0.29) is 12.0 Å². The molecule has 0 saturated carbocycles. The van der Waals surface area contributed by atoms with Gasteiger partial charge in [-0.3, -0.25) is 4.79 Å². The van der Waals surface area contributed by atoms with Crippen molar-refractivity contribution in [2.45, 2.75) is 20.0 Å². The van der Waals surface area contributed by atoms with Gasteiger partial charge in [-0.15, -0.1) is 0 Å². The second-order valence-electron chi connectivity index (χ2n) is 7.14. The molecule has 0 aromatic heterocycles. The number of ether oxygens (including phenoxy) is 1. The van der Waals surface area contributed by atoms with E-state index in [1.165, 1.54) is 5.69 Å². The minimum absolute atomic E-state index is 0.0806. The van der Waals surface area contributed by atoms with Crippen LogP contribution >= 0.6 is 0 Å². The van der Waals surface area contributed by atoms with Gasteiger partial charge in [-0.1, -0.05) is 6.07 Å². The lowest BCUT2D eigenvalue weighted by Crippen LogP contribution is -3.12. The zero-order valence-corrected chi connectivity index (χ0v) is 15.8. The molecule has 0 atom stereocenters. The molecule has 1 saturated heterocycles. The van der Waals surface area contributed by atoms with Crippen LogP contribution in [0.15, 0.2) is 48.5 Å². The molecule has 0 bridgehead atoms. The Kier molecular flexibility index (Phi) is 5.78. The monoisotopic (exact) mass is 354 g/mol. The fraction of sp³-hybridized carbons (Fsp3) is 0.381. The Labute approximate surface area is 155 Å². The summed E-state index contributed by atoms with van der Waals surface area (Å²) < 4.78 is 5.66. The minimum Gasteiger partial charge on any atom is -0.491 e. The van der Waals surface area contributed by atoms with E-state index in [4.69, 9.17) is 4.74 Å². The summed E-state index contributed by atoms with van der Waals surface area (Å²) in [5.41, 5.74) is 2.60. The molecule has 138 valence electrons. The number of rotatable bonds is 5. The molecule has 1 aliphatic rings. The second-order valence-corrected chi connectivity index (χ2v) is 7.14. The first-order valence-electron chi connectivity index (χ1n) is 9.25. The van der Waals surface area contributed by atoms with Gasteiger partial charge >= 0.3 is 0 Å². The summed E-state index contributed by atoms with van der Waals surface area (Å²) in [6, 6.07) is 15.4. The van der Waals surface area contributed by atoms with Crippen molar-refractivity contribution in [1.29, 1.82) is 0 Å². The summed E-state index contributed by atoms with van der Waals surface area (Å²) in [5, 5.41) is 2.96. The van der Waals surface area contributed by atoms with Gasteiger partial charge < -0.3 is 19.9 Å². The maximum absolute atomic E-state index is 12.5. The van der Waals surface area contributed by atoms with Crippen LogP contribution in [-0.4, -0.2) is 45.2 Å². The van der Waals surface area contributed by atoms with Gasteiger partial charge in [0.25, 0.3) is 5.91 Å². The van der Waals surface area contributed by atoms with Gasteiger partial charge in [0.05, 0.1) is 39.3 Å². The quantitative estimate of drug-likeness (QED) is 0.864. The standard InChI is InChI=1S/C21H27N3O2/c1-16(2)26-20-6-4-5-17(15-20)21(25)22-18-7-9-19(10-8-18)24-13-11-23(3)12-14-24/h4-10,15-16H,11-14H2,1-3H3,(H,22,25)/p+1. The number of carbonyl (C=O) groups is 1. The van der Waals surface area contributed by atoms with Crippen LogP contribution in [0, 0.1) is 0 Å². The number of nitrogens with zero attached hydrogens (tertiary/aromatic N) is 1. The summed E-state index contributed by atoms with van der Waals surface area (Å²) in [6.07, 6.45) is 0.0806. The van der Waals surface area contributed by atoms with Crippen molar-refractivity contribution in [3.8, 4) is 5.75 Å². The Morgan fingerprint density at radius 1 is 1.12 bits per heavy atom. The summed E-state index contributed by atoms with van der Waals surface area (Å²) in [6.45, 7) is 8.40. The van der Waals surface area contributed by atoms with Crippen molar-refractivity contribution in [3.63, 3.8) is 0 Å². The maximum atomic E-state index is 12.5. The van der Waals surface area contributed by atoms with Crippen LogP contribution in [-0.2, 0) is 0 Å². The number of piperazine rings is 1. The number of anilines is 2. The molecule has 5 nitrogen and oxygen atoms in total. The largest absolute Gasteiger partial charge is 0.491 e. The van der Waals surface area contributed by atoms with Crippen LogP contribution < -0.4 is 19.9 Å². The Balaban J connectivity index is 1.63. The number of hydrogen-bond acceptors (Lipinski definition) is 3. The molecule has 5 heteroatoms. The van der Waals surface area contributed by atoms with E-state index in [1.807, 2.05) is 38.1 Å². The van der Waals surface area contributed by atoms with E-state index in [9.17, 15) is 4.79 Å². The number of likely N-dealkylation sites (N-methyl/N-ethyl adjacent to an activating group) is 1. The summed E-state index contributed by atoms with van der Waals surface area (Å²) in [4.78, 5) is 16.5. The molecule has 0 spiro atoms. The van der Waals surface area contributed by atoms with Crippen LogP contribution in [0.1, 0.15) is 24.2 Å². The highest BCUT2D eigenvalue weighted by Crippen LogP contribution is 2.20. The Bertz CT molecular complexity index is 735. The van der Waals surface area contributed by atoms with Gasteiger partial charge in [-0.05, 0) is 56.3 Å². The Morgan fingerprint density at radius 3 is 2.46 bits per heavy atom. The van der Waals surface area contributed by atoms with E-state index in [1.54, 1.807) is 17.0 Å². The van der Waals surface area contributed by atoms with Crippen molar-refractivity contribution in [1.82, 2.24) is 0 Å². The van der Waals surface area contributed by atoms with E-state index in [2.05, 4.69) is 29.4 Å². The van der Waals surface area contributed by atoms with Crippen LogP contribution in [0.5, 0.6) is 5.75 Å². The van der Waals surface area contributed by atoms with Crippen LogP contribution in [0.3, 0.4) is 0 Å². The van der Waals surface area contributed by atoms with Crippen LogP contribution in [0.4, 0.5) is 11.4 Å². The number of benzene rings is 2. The topological polar surface area (TPSA) is 46.0 Å². The average molecular weight is 354 g/mol. The van der Waals surface area contributed by atoms with Gasteiger partial charge in [0.2, 0.25) is 0 Å². The third kappa shape index (κ3) is 4.76. The van der Waals surface area contributed by atoms with E-state index in [0.717, 1.165) is 31.9 Å². The third-order valence-corrected chi connectivity index (χ3v) is 4.58. The van der Waals surface area contributed by atoms with Crippen molar-refractivity contribution >= 4 is 17.3 Å². The van der Waals surface area contributed by atoms with E-state index < -0.39 is 0 Å². The van der Waals surface area contributed by atoms with Gasteiger partial charge in [0.15, 0.2) is 0 Å². The van der Waals surface area contributed by atoms with Crippen molar-refractivity contribution in [2.24, 2.45) is 0 Å². The zero-order valence-electron chi connectivity index (χ0n) is 15.8. The molecular formula is C21H28N3O2+. The van der Waals surface area contributed by atoms with Crippen molar-refractivity contribution in [3.05, 3.63) is 54.1 Å². The fourth-order valence-corrected chi connectivity index (χ4v) is 3.09. The van der Waals surface area contributed by atoms with Crippen molar-refractivity contribution < 1.29 is 14.4 Å². The molecule has 2 N–H and O–H groups in total. The molecular weight excluding hydrogens is 326 g/mol. The van der Waals surface area contributed by atoms with Crippen LogP contribution in [0.2, 0.25) is 0 Å². The highest BCUT2D eigenvalue weighted by atomic mass is 16.5. The molecule has 2 aromatic carbocycles. The van der Waals surface area contributed by atoms with Crippen molar-refractivity contribution in [2.75, 3.05) is 43.4 Å². The summed E-state index contributed by atoms with van der Waals surface area (Å²) >= 11 is 0. The normalized spacial score (nSPS) is 15.2. The first-order chi connectivity index (χ1) is 12.5. The minimum atomic E-state index is -0.129. The molecule has 26 heavy (non-hydrogen) atoms. The molecule has 2 aromatic rings. The van der Waals surface area contributed by atoms with Gasteiger partial charge in [0, 0.05) is 16.9 Å². The number of quaternary nitrogens is 1. The van der Waals surface area contributed by atoms with E-state index >= 15 is 0 Å². The highest BCUT2D eigenvalue weighted by Gasteiger charge is 2.17. The molecule has 0 aliphatic carbocycles. The number of carbonyl (C=O) groups excluding carboxylic acids is 1. The fourth-order valence-electron chi connectivity index (χ4n) is 3.09. The number of hydrogen-bond donors (Lipinski definition) is 2. The lowest BCUT2D eigenvalue weighted by Gasteiger charge is -2.31. The predicted molar refractivity (Wildman–Crippen MR) is 105 cm³/mol. The summed E-state index contributed by atoms with van der Waals surface area (Å²) in [7, 11) is 2.23. The lowest BCUT2D eigenvalue weighted by atomic mass is 10.2. The number of nitrogens with one attached hydrogen (secondary N) is 2. The second kappa shape index (κ2) is 8.23. The SMILES string of the molecule is CC(C)Oc1cccc(C(=O)Nc2ccc(N3CC[NH+](C)CC3)cc2)c1. The molecule has 1 aliphatic heterocycles. The predicted octanol–water partition coefficient (Wildman–Crippen LogP) is 2.06. The summed E-state index contributed by atoms with van der Waals surface area (Å²) in [5.74, 6) is 0.579. The number of amides is 1. The van der Waals surface area contributed by atoms with Crippen LogP contribution in [0.25, 0.3) is 0 Å².